The zero-order valence-electron chi connectivity index (χ0n) is 9.88. The molecule has 0 radical (unpaired) electrons. The number of benzene rings is 1. The molecule has 0 aliphatic rings. The van der Waals surface area contributed by atoms with E-state index in [0.29, 0.717) is 11.4 Å². The lowest BCUT2D eigenvalue weighted by molar-refractivity contribution is -0.138. The largest absolute Gasteiger partial charge is 0.481 e. The highest BCUT2D eigenvalue weighted by atomic mass is 79.9. The molecule has 98 valence electrons. The van der Waals surface area contributed by atoms with Crippen molar-refractivity contribution in [3.05, 3.63) is 63.3 Å². The molecule has 1 N–H and O–H groups in total. The van der Waals surface area contributed by atoms with E-state index in [0.717, 1.165) is 15.6 Å². The maximum atomic E-state index is 11.5. The van der Waals surface area contributed by atoms with E-state index < -0.39 is 11.9 Å². The molecule has 0 amide bonds. The van der Waals surface area contributed by atoms with Crippen molar-refractivity contribution in [3.63, 3.8) is 0 Å². The molecule has 0 saturated carbocycles. The molecule has 19 heavy (non-hydrogen) atoms. The first-order valence-electron chi connectivity index (χ1n) is 5.64. The number of hydrogen-bond acceptors (Lipinski definition) is 2. The van der Waals surface area contributed by atoms with Crippen LogP contribution in [0.4, 0.5) is 0 Å². The second-order valence-corrected chi connectivity index (χ2v) is 5.44. The summed E-state index contributed by atoms with van der Waals surface area (Å²) in [6, 6.07) is 9.05. The van der Waals surface area contributed by atoms with Gasteiger partial charge in [0.2, 0.25) is 0 Å². The Morgan fingerprint density at radius 2 is 2.21 bits per heavy atom. The molecule has 5 heteroatoms. The summed E-state index contributed by atoms with van der Waals surface area (Å²) in [5.74, 6) is -1.50. The van der Waals surface area contributed by atoms with Gasteiger partial charge in [-0.1, -0.05) is 39.7 Å². The number of carbonyl (C=O) groups is 1. The molecule has 1 aromatic carbocycles. The lowest BCUT2D eigenvalue weighted by Gasteiger charge is -2.14. The van der Waals surface area contributed by atoms with Crippen LogP contribution < -0.4 is 0 Å². The van der Waals surface area contributed by atoms with Crippen LogP contribution in [0.5, 0.6) is 0 Å². The fourth-order valence-corrected chi connectivity index (χ4v) is 2.47. The van der Waals surface area contributed by atoms with Crippen molar-refractivity contribution in [1.82, 2.24) is 4.98 Å². The van der Waals surface area contributed by atoms with Crippen LogP contribution in [0.25, 0.3) is 0 Å². The first-order chi connectivity index (χ1) is 9.08. The van der Waals surface area contributed by atoms with Crippen molar-refractivity contribution < 1.29 is 9.90 Å². The minimum absolute atomic E-state index is 0.340. The van der Waals surface area contributed by atoms with Gasteiger partial charge in [-0.25, -0.2) is 0 Å². The van der Waals surface area contributed by atoms with Gasteiger partial charge in [-0.15, -0.1) is 0 Å². The van der Waals surface area contributed by atoms with Crippen molar-refractivity contribution in [2.75, 3.05) is 0 Å². The van der Waals surface area contributed by atoms with Crippen molar-refractivity contribution in [3.8, 4) is 0 Å². The summed E-state index contributed by atoms with van der Waals surface area (Å²) in [4.78, 5) is 15.3. The van der Waals surface area contributed by atoms with Crippen LogP contribution in [0.2, 0.25) is 5.02 Å². The first kappa shape index (κ1) is 14.0. The van der Waals surface area contributed by atoms with Crippen LogP contribution in [-0.2, 0) is 11.2 Å². The monoisotopic (exact) mass is 339 g/mol. The summed E-state index contributed by atoms with van der Waals surface area (Å²) in [6.07, 6.45) is 3.48. The maximum Gasteiger partial charge on any atom is 0.311 e. The number of aliphatic carboxylic acids is 1. The number of pyridine rings is 1. The van der Waals surface area contributed by atoms with Crippen LogP contribution in [0.3, 0.4) is 0 Å². The molecule has 0 aliphatic carbocycles. The molecule has 3 nitrogen and oxygen atoms in total. The van der Waals surface area contributed by atoms with Gasteiger partial charge in [-0.3, -0.25) is 9.78 Å². The minimum Gasteiger partial charge on any atom is -0.481 e. The Labute approximate surface area is 124 Å². The zero-order valence-corrected chi connectivity index (χ0v) is 12.2. The number of nitrogens with zero attached hydrogens (tertiary/aromatic N) is 1. The molecule has 1 aromatic heterocycles. The molecular formula is C14H11BrClNO2. The molecule has 1 unspecified atom stereocenters. The number of carboxylic acid groups (broad SMARTS) is 1. The Bertz CT molecular complexity index is 604. The van der Waals surface area contributed by atoms with Crippen LogP contribution in [0.1, 0.15) is 17.0 Å². The Kier molecular flexibility index (Phi) is 4.56. The van der Waals surface area contributed by atoms with Gasteiger partial charge >= 0.3 is 5.97 Å². The summed E-state index contributed by atoms with van der Waals surface area (Å²) < 4.78 is 0.858. The Morgan fingerprint density at radius 1 is 1.42 bits per heavy atom. The smallest absolute Gasteiger partial charge is 0.311 e. The van der Waals surface area contributed by atoms with E-state index in [-0.39, 0.29) is 0 Å². The van der Waals surface area contributed by atoms with Crippen molar-refractivity contribution in [1.29, 1.82) is 0 Å². The van der Waals surface area contributed by atoms with E-state index in [1.165, 1.54) is 6.20 Å². The van der Waals surface area contributed by atoms with Crippen LogP contribution in [0.15, 0.2) is 47.2 Å². The van der Waals surface area contributed by atoms with E-state index in [1.807, 2.05) is 18.2 Å². The molecule has 1 atom stereocenters. The van der Waals surface area contributed by atoms with E-state index in [1.54, 1.807) is 18.3 Å². The zero-order chi connectivity index (χ0) is 13.8. The average Bonchev–Trinajstić information content (AvgIpc) is 2.37. The normalized spacial score (nSPS) is 12.1. The topological polar surface area (TPSA) is 50.2 Å². The van der Waals surface area contributed by atoms with Gasteiger partial charge in [0, 0.05) is 16.9 Å². The minimum atomic E-state index is -0.869. The Hall–Kier alpha value is -1.39. The average molecular weight is 341 g/mol. The molecule has 0 spiro atoms. The Morgan fingerprint density at radius 3 is 2.84 bits per heavy atom. The second-order valence-electron chi connectivity index (χ2n) is 4.12. The second kappa shape index (κ2) is 6.17. The third-order valence-corrected chi connectivity index (χ3v) is 3.66. The number of rotatable bonds is 4. The van der Waals surface area contributed by atoms with Crippen LogP contribution in [0, 0.1) is 0 Å². The molecule has 2 rings (SSSR count). The van der Waals surface area contributed by atoms with Crippen molar-refractivity contribution in [2.24, 2.45) is 0 Å². The van der Waals surface area contributed by atoms with E-state index in [9.17, 15) is 9.90 Å². The summed E-state index contributed by atoms with van der Waals surface area (Å²) in [5, 5.41) is 9.89. The lowest BCUT2D eigenvalue weighted by Crippen LogP contribution is -2.14. The third-order valence-electron chi connectivity index (χ3n) is 2.83. The first-order valence-corrected chi connectivity index (χ1v) is 6.81. The quantitative estimate of drug-likeness (QED) is 0.918. The van der Waals surface area contributed by atoms with Crippen LogP contribution >= 0.6 is 27.5 Å². The molecular weight excluding hydrogens is 330 g/mol. The van der Waals surface area contributed by atoms with Crippen molar-refractivity contribution in [2.45, 2.75) is 12.3 Å². The SMILES string of the molecule is O=C(O)C(Cc1ccncc1Cl)c1cccc(Br)c1. The number of aromatic nitrogens is 1. The maximum absolute atomic E-state index is 11.5. The predicted octanol–water partition coefficient (Wildman–Crippen LogP) is 3.91. The highest BCUT2D eigenvalue weighted by molar-refractivity contribution is 9.10. The van der Waals surface area contributed by atoms with E-state index in [4.69, 9.17) is 11.6 Å². The van der Waals surface area contributed by atoms with Gasteiger partial charge in [-0.2, -0.15) is 0 Å². The van der Waals surface area contributed by atoms with Gasteiger partial charge in [0.15, 0.2) is 0 Å². The summed E-state index contributed by atoms with van der Waals surface area (Å²) in [7, 11) is 0. The van der Waals surface area contributed by atoms with Crippen molar-refractivity contribution >= 4 is 33.5 Å². The molecule has 2 aromatic rings. The molecule has 0 aliphatic heterocycles. The lowest BCUT2D eigenvalue weighted by atomic mass is 9.92. The number of halogens is 2. The summed E-state index contributed by atoms with van der Waals surface area (Å²) in [5.41, 5.74) is 1.53. The van der Waals surface area contributed by atoms with Gasteiger partial charge < -0.3 is 5.11 Å². The van der Waals surface area contributed by atoms with Gasteiger partial charge in [0.05, 0.1) is 10.9 Å². The van der Waals surface area contributed by atoms with Crippen LogP contribution in [-0.4, -0.2) is 16.1 Å². The summed E-state index contributed by atoms with van der Waals surface area (Å²) in [6.45, 7) is 0. The van der Waals surface area contributed by atoms with Gasteiger partial charge in [-0.05, 0) is 35.7 Å². The fraction of sp³-hybridized carbons (Fsp3) is 0.143. The molecule has 1 heterocycles. The highest BCUT2D eigenvalue weighted by Gasteiger charge is 2.21. The van der Waals surface area contributed by atoms with E-state index >= 15 is 0 Å². The standard InChI is InChI=1S/C14H11BrClNO2/c15-11-3-1-2-9(6-11)12(14(18)19)7-10-4-5-17-8-13(10)16/h1-6,8,12H,7H2,(H,18,19). The highest BCUT2D eigenvalue weighted by Crippen LogP contribution is 2.26. The Balaban J connectivity index is 2.32. The fourth-order valence-electron chi connectivity index (χ4n) is 1.86. The predicted molar refractivity (Wildman–Crippen MR) is 77.5 cm³/mol. The van der Waals surface area contributed by atoms with Gasteiger partial charge in [0.25, 0.3) is 0 Å². The molecule has 0 fully saturated rings. The molecule has 0 bridgehead atoms. The van der Waals surface area contributed by atoms with E-state index in [2.05, 4.69) is 20.9 Å². The third kappa shape index (κ3) is 3.55. The summed E-state index contributed by atoms with van der Waals surface area (Å²) >= 11 is 9.38. The van der Waals surface area contributed by atoms with Gasteiger partial charge in [0.1, 0.15) is 0 Å². The number of hydrogen-bond donors (Lipinski definition) is 1. The number of carboxylic acids is 1. The molecule has 0 saturated heterocycles.